The summed E-state index contributed by atoms with van der Waals surface area (Å²) in [6.07, 6.45) is 5.15. The number of hydrogen-bond donors (Lipinski definition) is 1. The maximum absolute atomic E-state index is 11.0. The first-order valence-electron chi connectivity index (χ1n) is 8.01. The molecule has 0 saturated carbocycles. The van der Waals surface area contributed by atoms with E-state index in [0.29, 0.717) is 18.6 Å². The molecule has 1 aromatic rings. The average molecular weight is 288 g/mol. The van der Waals surface area contributed by atoms with Crippen LogP contribution in [-0.4, -0.2) is 47.7 Å². The van der Waals surface area contributed by atoms with E-state index in [1.54, 1.807) is 0 Å². The fraction of sp³-hybridized carbons (Fsp3) is 0.588. The van der Waals surface area contributed by atoms with Gasteiger partial charge in [0.05, 0.1) is 6.42 Å². The van der Waals surface area contributed by atoms with Gasteiger partial charge >= 0.3 is 5.97 Å². The first-order valence-corrected chi connectivity index (χ1v) is 8.01. The lowest BCUT2D eigenvalue weighted by atomic mass is 9.95. The number of carboxylic acid groups (broad SMARTS) is 1. The van der Waals surface area contributed by atoms with Crippen molar-refractivity contribution in [2.24, 2.45) is 0 Å². The number of carboxylic acids is 1. The molecule has 2 fully saturated rings. The van der Waals surface area contributed by atoms with Crippen LogP contribution in [0.5, 0.6) is 0 Å². The Morgan fingerprint density at radius 2 is 2.05 bits per heavy atom. The third-order valence-corrected chi connectivity index (χ3v) is 4.89. The van der Waals surface area contributed by atoms with Gasteiger partial charge in [0.15, 0.2) is 0 Å². The molecule has 4 heteroatoms. The minimum atomic E-state index is -0.714. The Morgan fingerprint density at radius 1 is 1.24 bits per heavy atom. The van der Waals surface area contributed by atoms with Gasteiger partial charge in [0.1, 0.15) is 0 Å². The Labute approximate surface area is 126 Å². The van der Waals surface area contributed by atoms with Crippen LogP contribution >= 0.6 is 0 Å². The minimum absolute atomic E-state index is 0.208. The molecule has 1 N–H and O–H groups in total. The van der Waals surface area contributed by atoms with Crippen molar-refractivity contribution in [3.8, 4) is 0 Å². The van der Waals surface area contributed by atoms with Crippen molar-refractivity contribution in [1.82, 2.24) is 4.90 Å². The first kappa shape index (κ1) is 14.4. The summed E-state index contributed by atoms with van der Waals surface area (Å²) in [6, 6.07) is 11.5. The number of hydrogen-bond acceptors (Lipinski definition) is 3. The molecule has 0 aliphatic carbocycles. The molecule has 2 aliphatic rings. The van der Waals surface area contributed by atoms with Crippen molar-refractivity contribution in [2.45, 2.75) is 44.2 Å². The third kappa shape index (κ3) is 3.38. The van der Waals surface area contributed by atoms with Crippen molar-refractivity contribution in [3.05, 3.63) is 30.3 Å². The maximum atomic E-state index is 11.0. The van der Waals surface area contributed by atoms with Gasteiger partial charge in [0.25, 0.3) is 0 Å². The second-order valence-electron chi connectivity index (χ2n) is 6.18. The highest BCUT2D eigenvalue weighted by molar-refractivity contribution is 5.67. The highest BCUT2D eigenvalue weighted by atomic mass is 16.4. The summed E-state index contributed by atoms with van der Waals surface area (Å²) in [5.74, 6) is -0.714. The van der Waals surface area contributed by atoms with Crippen LogP contribution in [0.15, 0.2) is 30.3 Å². The molecule has 0 aromatic heterocycles. The Balaban J connectivity index is 1.73. The summed E-state index contributed by atoms with van der Waals surface area (Å²) in [4.78, 5) is 15.9. The molecule has 0 bridgehead atoms. The Hall–Kier alpha value is -1.55. The fourth-order valence-electron chi connectivity index (χ4n) is 3.84. The smallest absolute Gasteiger partial charge is 0.305 e. The van der Waals surface area contributed by atoms with E-state index < -0.39 is 5.97 Å². The third-order valence-electron chi connectivity index (χ3n) is 4.89. The predicted octanol–water partition coefficient (Wildman–Crippen LogP) is 2.59. The number of benzene rings is 1. The molecule has 4 nitrogen and oxygen atoms in total. The second-order valence-corrected chi connectivity index (χ2v) is 6.18. The zero-order valence-corrected chi connectivity index (χ0v) is 12.4. The molecular formula is C17H24N2O2. The van der Waals surface area contributed by atoms with Gasteiger partial charge in [-0.3, -0.25) is 4.79 Å². The first-order chi connectivity index (χ1) is 10.2. The monoisotopic (exact) mass is 288 g/mol. The van der Waals surface area contributed by atoms with Gasteiger partial charge in [-0.2, -0.15) is 0 Å². The van der Waals surface area contributed by atoms with Gasteiger partial charge in [-0.05, 0) is 44.4 Å². The van der Waals surface area contributed by atoms with E-state index in [1.807, 2.05) is 18.2 Å². The molecule has 2 heterocycles. The Kier molecular flexibility index (Phi) is 4.44. The van der Waals surface area contributed by atoms with Crippen LogP contribution in [0.1, 0.15) is 32.1 Å². The van der Waals surface area contributed by atoms with Crippen molar-refractivity contribution in [1.29, 1.82) is 0 Å². The van der Waals surface area contributed by atoms with Crippen LogP contribution in [-0.2, 0) is 4.79 Å². The average Bonchev–Trinajstić information content (AvgIpc) is 2.96. The highest BCUT2D eigenvalue weighted by Gasteiger charge is 2.34. The summed E-state index contributed by atoms with van der Waals surface area (Å²) in [5.41, 5.74) is 1.16. The Bertz CT molecular complexity index is 477. The molecule has 2 unspecified atom stereocenters. The topological polar surface area (TPSA) is 43.8 Å². The summed E-state index contributed by atoms with van der Waals surface area (Å²) < 4.78 is 0. The zero-order chi connectivity index (χ0) is 14.7. The fourth-order valence-corrected chi connectivity index (χ4v) is 3.84. The number of aliphatic carboxylic acids is 1. The van der Waals surface area contributed by atoms with Crippen molar-refractivity contribution in [3.63, 3.8) is 0 Å². The number of anilines is 1. The maximum Gasteiger partial charge on any atom is 0.305 e. The molecule has 3 rings (SSSR count). The SMILES string of the molecule is O=C(O)CCN(c1ccccc1)C1CCN2CCCC2C1. The van der Waals surface area contributed by atoms with E-state index in [4.69, 9.17) is 5.11 Å². The molecule has 2 aliphatic heterocycles. The van der Waals surface area contributed by atoms with Crippen molar-refractivity contribution >= 4 is 11.7 Å². The number of nitrogens with zero attached hydrogens (tertiary/aromatic N) is 2. The number of fused-ring (bicyclic) bond motifs is 1. The second kappa shape index (κ2) is 6.48. The number of carbonyl (C=O) groups is 1. The van der Waals surface area contributed by atoms with Gasteiger partial charge in [-0.25, -0.2) is 0 Å². The largest absolute Gasteiger partial charge is 0.481 e. The van der Waals surface area contributed by atoms with Gasteiger partial charge in [0, 0.05) is 30.9 Å². The summed E-state index contributed by atoms with van der Waals surface area (Å²) in [6.45, 7) is 3.01. The lowest BCUT2D eigenvalue weighted by Gasteiger charge is -2.41. The van der Waals surface area contributed by atoms with E-state index in [2.05, 4.69) is 21.9 Å². The lowest BCUT2D eigenvalue weighted by Crippen LogP contribution is -2.48. The summed E-state index contributed by atoms with van der Waals surface area (Å²) in [5, 5.41) is 9.02. The van der Waals surface area contributed by atoms with Gasteiger partial charge in [0.2, 0.25) is 0 Å². The van der Waals surface area contributed by atoms with Crippen LogP contribution < -0.4 is 4.90 Å². The summed E-state index contributed by atoms with van der Waals surface area (Å²) >= 11 is 0. The van der Waals surface area contributed by atoms with E-state index in [1.165, 1.54) is 25.8 Å². The van der Waals surface area contributed by atoms with Gasteiger partial charge in [-0.15, -0.1) is 0 Å². The zero-order valence-electron chi connectivity index (χ0n) is 12.4. The van der Waals surface area contributed by atoms with E-state index in [9.17, 15) is 4.79 Å². The minimum Gasteiger partial charge on any atom is -0.481 e. The molecule has 114 valence electrons. The molecule has 0 radical (unpaired) electrons. The van der Waals surface area contributed by atoms with Crippen LogP contribution in [0.2, 0.25) is 0 Å². The van der Waals surface area contributed by atoms with Crippen molar-refractivity contribution < 1.29 is 9.90 Å². The standard InChI is InChI=1S/C17H24N2O2/c20-17(21)9-12-19(14-5-2-1-3-6-14)16-8-11-18-10-4-7-15(18)13-16/h1-3,5-6,15-16H,4,7-13H2,(H,20,21). The van der Waals surface area contributed by atoms with E-state index in [-0.39, 0.29) is 6.42 Å². The quantitative estimate of drug-likeness (QED) is 0.904. The number of para-hydroxylation sites is 1. The van der Waals surface area contributed by atoms with Crippen LogP contribution in [0.25, 0.3) is 0 Å². The number of rotatable bonds is 5. The van der Waals surface area contributed by atoms with Crippen LogP contribution in [0.4, 0.5) is 5.69 Å². The van der Waals surface area contributed by atoms with Crippen LogP contribution in [0.3, 0.4) is 0 Å². The molecule has 2 saturated heterocycles. The lowest BCUT2D eigenvalue weighted by molar-refractivity contribution is -0.136. The Morgan fingerprint density at radius 3 is 2.81 bits per heavy atom. The highest BCUT2D eigenvalue weighted by Crippen LogP contribution is 2.31. The van der Waals surface area contributed by atoms with Gasteiger partial charge < -0.3 is 14.9 Å². The molecule has 0 amide bonds. The van der Waals surface area contributed by atoms with E-state index in [0.717, 1.165) is 18.7 Å². The molecular weight excluding hydrogens is 264 g/mol. The van der Waals surface area contributed by atoms with Crippen LogP contribution in [0, 0.1) is 0 Å². The number of piperidine rings is 1. The molecule has 2 atom stereocenters. The molecule has 0 spiro atoms. The molecule has 21 heavy (non-hydrogen) atoms. The predicted molar refractivity (Wildman–Crippen MR) is 83.7 cm³/mol. The van der Waals surface area contributed by atoms with Gasteiger partial charge in [-0.1, -0.05) is 18.2 Å². The summed E-state index contributed by atoms with van der Waals surface area (Å²) in [7, 11) is 0. The van der Waals surface area contributed by atoms with Crippen molar-refractivity contribution in [2.75, 3.05) is 24.5 Å². The normalized spacial score (nSPS) is 25.5. The molecule has 1 aromatic carbocycles. The van der Waals surface area contributed by atoms with E-state index >= 15 is 0 Å².